The Labute approximate surface area is 122 Å². The van der Waals surface area contributed by atoms with E-state index in [1.165, 1.54) is 5.56 Å². The van der Waals surface area contributed by atoms with Gasteiger partial charge in [-0.05, 0) is 43.4 Å². The van der Waals surface area contributed by atoms with Crippen molar-refractivity contribution >= 4 is 12.2 Å². The third kappa shape index (κ3) is 2.14. The van der Waals surface area contributed by atoms with Gasteiger partial charge in [0, 0.05) is 5.69 Å². The summed E-state index contributed by atoms with van der Waals surface area (Å²) in [4.78, 5) is 0. The van der Waals surface area contributed by atoms with Gasteiger partial charge in [0.2, 0.25) is 5.88 Å². The molecule has 2 aromatic carbocycles. The standard InChI is InChI=1S/C16H14N2OS/c1-12-7-9-14(10-8-12)18-15(19)11-17(16(18)20)13-5-3-2-4-6-13/h2-11,19H,1H3. The molecule has 1 heterocycles. The summed E-state index contributed by atoms with van der Waals surface area (Å²) in [7, 11) is 0. The number of nitrogens with zero attached hydrogens (tertiary/aromatic N) is 2. The number of para-hydroxylation sites is 1. The monoisotopic (exact) mass is 282 g/mol. The summed E-state index contributed by atoms with van der Waals surface area (Å²) in [6.45, 7) is 2.03. The van der Waals surface area contributed by atoms with Crippen molar-refractivity contribution in [2.75, 3.05) is 0 Å². The molecule has 3 rings (SSSR count). The minimum atomic E-state index is 0.128. The maximum Gasteiger partial charge on any atom is 0.215 e. The Kier molecular flexibility index (Phi) is 3.16. The van der Waals surface area contributed by atoms with Gasteiger partial charge in [0.25, 0.3) is 0 Å². The van der Waals surface area contributed by atoms with Crippen LogP contribution in [0.4, 0.5) is 0 Å². The van der Waals surface area contributed by atoms with Crippen LogP contribution < -0.4 is 0 Å². The third-order valence-electron chi connectivity index (χ3n) is 3.20. The highest BCUT2D eigenvalue weighted by Gasteiger charge is 2.10. The smallest absolute Gasteiger partial charge is 0.215 e. The molecule has 1 aromatic heterocycles. The van der Waals surface area contributed by atoms with Crippen LogP contribution in [0.25, 0.3) is 11.4 Å². The average Bonchev–Trinajstić information content (AvgIpc) is 2.76. The van der Waals surface area contributed by atoms with Crippen molar-refractivity contribution in [1.29, 1.82) is 0 Å². The molecule has 20 heavy (non-hydrogen) atoms. The zero-order chi connectivity index (χ0) is 14.1. The Morgan fingerprint density at radius 2 is 1.55 bits per heavy atom. The molecule has 1 N–H and O–H groups in total. The van der Waals surface area contributed by atoms with Crippen LogP contribution in [0.3, 0.4) is 0 Å². The molecule has 3 aromatic rings. The van der Waals surface area contributed by atoms with E-state index >= 15 is 0 Å². The van der Waals surface area contributed by atoms with Gasteiger partial charge in [0.05, 0.1) is 11.9 Å². The number of hydrogen-bond acceptors (Lipinski definition) is 2. The van der Waals surface area contributed by atoms with Gasteiger partial charge in [-0.1, -0.05) is 35.9 Å². The molecule has 100 valence electrons. The van der Waals surface area contributed by atoms with E-state index in [-0.39, 0.29) is 5.88 Å². The largest absolute Gasteiger partial charge is 0.493 e. The normalized spacial score (nSPS) is 10.7. The van der Waals surface area contributed by atoms with E-state index < -0.39 is 0 Å². The first kappa shape index (κ1) is 12.7. The second-order valence-corrected chi connectivity index (χ2v) is 5.01. The first-order chi connectivity index (χ1) is 9.66. The van der Waals surface area contributed by atoms with E-state index in [2.05, 4.69) is 0 Å². The van der Waals surface area contributed by atoms with E-state index in [0.717, 1.165) is 11.4 Å². The predicted octanol–water partition coefficient (Wildman–Crippen LogP) is 4.01. The van der Waals surface area contributed by atoms with Crippen LogP contribution in [0.5, 0.6) is 5.88 Å². The average molecular weight is 282 g/mol. The fourth-order valence-electron chi connectivity index (χ4n) is 2.14. The van der Waals surface area contributed by atoms with Gasteiger partial charge in [0.1, 0.15) is 0 Å². The predicted molar refractivity (Wildman–Crippen MR) is 82.3 cm³/mol. The highest BCUT2D eigenvalue weighted by molar-refractivity contribution is 7.71. The summed E-state index contributed by atoms with van der Waals surface area (Å²) in [6, 6.07) is 17.6. The molecule has 0 spiro atoms. The number of imidazole rings is 1. The Morgan fingerprint density at radius 3 is 2.20 bits per heavy atom. The van der Waals surface area contributed by atoms with Crippen LogP contribution in [-0.2, 0) is 0 Å². The van der Waals surface area contributed by atoms with Gasteiger partial charge in [-0.25, -0.2) is 0 Å². The summed E-state index contributed by atoms with van der Waals surface area (Å²) in [5.74, 6) is 0.128. The highest BCUT2D eigenvalue weighted by atomic mass is 32.1. The first-order valence-electron chi connectivity index (χ1n) is 6.32. The summed E-state index contributed by atoms with van der Waals surface area (Å²) >= 11 is 5.48. The Hall–Kier alpha value is -2.33. The maximum atomic E-state index is 10.2. The Balaban J connectivity index is 2.17. The highest BCUT2D eigenvalue weighted by Crippen LogP contribution is 2.22. The molecule has 0 radical (unpaired) electrons. The number of benzene rings is 2. The van der Waals surface area contributed by atoms with Gasteiger partial charge in [-0.15, -0.1) is 0 Å². The molecule has 0 saturated heterocycles. The topological polar surface area (TPSA) is 30.1 Å². The quantitative estimate of drug-likeness (QED) is 0.720. The Morgan fingerprint density at radius 1 is 0.900 bits per heavy atom. The fourth-order valence-corrected chi connectivity index (χ4v) is 2.50. The van der Waals surface area contributed by atoms with Crippen molar-refractivity contribution in [2.24, 2.45) is 0 Å². The molecule has 3 nitrogen and oxygen atoms in total. The minimum absolute atomic E-state index is 0.128. The maximum absolute atomic E-state index is 10.2. The van der Waals surface area contributed by atoms with Crippen molar-refractivity contribution < 1.29 is 5.11 Å². The fraction of sp³-hybridized carbons (Fsp3) is 0.0625. The van der Waals surface area contributed by atoms with Gasteiger partial charge >= 0.3 is 0 Å². The second kappa shape index (κ2) is 4.98. The van der Waals surface area contributed by atoms with Gasteiger partial charge < -0.3 is 5.11 Å². The van der Waals surface area contributed by atoms with Crippen molar-refractivity contribution in [3.63, 3.8) is 0 Å². The SMILES string of the molecule is Cc1ccc(-n2c(O)cn(-c3ccccc3)c2=S)cc1. The van der Waals surface area contributed by atoms with E-state index in [1.807, 2.05) is 61.5 Å². The minimum Gasteiger partial charge on any atom is -0.493 e. The molecule has 0 saturated carbocycles. The molecular weight excluding hydrogens is 268 g/mol. The lowest BCUT2D eigenvalue weighted by molar-refractivity contribution is 0.442. The molecule has 0 bridgehead atoms. The van der Waals surface area contributed by atoms with E-state index in [0.29, 0.717) is 4.77 Å². The third-order valence-corrected chi connectivity index (χ3v) is 3.58. The molecule has 4 heteroatoms. The van der Waals surface area contributed by atoms with Crippen molar-refractivity contribution in [3.05, 3.63) is 71.1 Å². The first-order valence-corrected chi connectivity index (χ1v) is 6.73. The lowest BCUT2D eigenvalue weighted by atomic mass is 10.2. The van der Waals surface area contributed by atoms with Crippen LogP contribution in [0.2, 0.25) is 0 Å². The molecule has 0 fully saturated rings. The summed E-state index contributed by atoms with van der Waals surface area (Å²) in [5, 5.41) is 10.2. The van der Waals surface area contributed by atoms with E-state index in [1.54, 1.807) is 15.3 Å². The number of aromatic nitrogens is 2. The molecular formula is C16H14N2OS. The van der Waals surface area contributed by atoms with Crippen LogP contribution >= 0.6 is 12.2 Å². The van der Waals surface area contributed by atoms with Crippen LogP contribution in [-0.4, -0.2) is 14.2 Å². The molecule has 0 aliphatic carbocycles. The lowest BCUT2D eigenvalue weighted by Gasteiger charge is -2.05. The number of hydrogen-bond donors (Lipinski definition) is 1. The van der Waals surface area contributed by atoms with Gasteiger partial charge in [-0.3, -0.25) is 9.13 Å². The molecule has 0 atom stereocenters. The molecule has 0 amide bonds. The van der Waals surface area contributed by atoms with Gasteiger partial charge in [-0.2, -0.15) is 0 Å². The number of aromatic hydroxyl groups is 1. The summed E-state index contributed by atoms with van der Waals surface area (Å²) < 4.78 is 3.99. The molecule has 0 aliphatic rings. The van der Waals surface area contributed by atoms with Crippen LogP contribution in [0.15, 0.2) is 60.8 Å². The van der Waals surface area contributed by atoms with Crippen LogP contribution in [0.1, 0.15) is 5.56 Å². The van der Waals surface area contributed by atoms with Crippen molar-refractivity contribution in [1.82, 2.24) is 9.13 Å². The molecule has 0 unspecified atom stereocenters. The zero-order valence-electron chi connectivity index (χ0n) is 11.0. The summed E-state index contributed by atoms with van der Waals surface area (Å²) in [6.07, 6.45) is 1.64. The van der Waals surface area contributed by atoms with Crippen LogP contribution in [0, 0.1) is 11.7 Å². The van der Waals surface area contributed by atoms with Crippen molar-refractivity contribution in [3.8, 4) is 17.3 Å². The lowest BCUT2D eigenvalue weighted by Crippen LogP contribution is -1.97. The second-order valence-electron chi connectivity index (χ2n) is 4.65. The van der Waals surface area contributed by atoms with E-state index in [4.69, 9.17) is 12.2 Å². The molecule has 0 aliphatic heterocycles. The summed E-state index contributed by atoms with van der Waals surface area (Å²) in [5.41, 5.74) is 2.95. The Bertz CT molecular complexity index is 786. The number of aryl methyl sites for hydroxylation is 1. The van der Waals surface area contributed by atoms with Crippen molar-refractivity contribution in [2.45, 2.75) is 6.92 Å². The van der Waals surface area contributed by atoms with Gasteiger partial charge in [0.15, 0.2) is 4.77 Å². The van der Waals surface area contributed by atoms with E-state index in [9.17, 15) is 5.11 Å². The zero-order valence-corrected chi connectivity index (χ0v) is 11.8. The number of rotatable bonds is 2.